The van der Waals surface area contributed by atoms with Crippen molar-refractivity contribution in [2.45, 2.75) is 18.9 Å². The molecule has 3 N–H and O–H groups in total. The molecule has 10 heteroatoms. The summed E-state index contributed by atoms with van der Waals surface area (Å²) >= 11 is 12.3. The number of oxazole rings is 1. The van der Waals surface area contributed by atoms with Crippen LogP contribution in [0.1, 0.15) is 35.1 Å². The van der Waals surface area contributed by atoms with E-state index in [0.717, 1.165) is 5.56 Å². The summed E-state index contributed by atoms with van der Waals surface area (Å²) in [6.45, 7) is -0.487. The van der Waals surface area contributed by atoms with E-state index in [9.17, 15) is 9.18 Å². The SMILES string of the molecule is CN(C)c1cccc(Cl)c1C(=O)NC(CCCNC(=N)CF)c1ncc(-c2ccc(Cl)cc2)o1. The second kappa shape index (κ2) is 11.9. The van der Waals surface area contributed by atoms with Crippen molar-refractivity contribution in [1.82, 2.24) is 15.6 Å². The van der Waals surface area contributed by atoms with Gasteiger partial charge in [-0.3, -0.25) is 10.2 Å². The predicted molar refractivity (Wildman–Crippen MR) is 134 cm³/mol. The zero-order valence-electron chi connectivity index (χ0n) is 18.9. The van der Waals surface area contributed by atoms with E-state index in [-0.39, 0.29) is 11.7 Å². The minimum absolute atomic E-state index is 0.187. The zero-order valence-corrected chi connectivity index (χ0v) is 20.4. The summed E-state index contributed by atoms with van der Waals surface area (Å²) in [7, 11) is 3.66. The number of alkyl halides is 1. The summed E-state index contributed by atoms with van der Waals surface area (Å²) in [6.07, 6.45) is 2.57. The molecule has 1 heterocycles. The van der Waals surface area contributed by atoms with E-state index >= 15 is 0 Å². The van der Waals surface area contributed by atoms with E-state index in [0.29, 0.717) is 52.3 Å². The molecule has 0 bridgehead atoms. The van der Waals surface area contributed by atoms with E-state index in [1.165, 1.54) is 0 Å². The lowest BCUT2D eigenvalue weighted by molar-refractivity contribution is 0.0928. The first kappa shape index (κ1) is 25.5. The van der Waals surface area contributed by atoms with Gasteiger partial charge in [-0.05, 0) is 49.2 Å². The maximum atomic E-state index is 13.3. The third-order valence-corrected chi connectivity index (χ3v) is 5.66. The second-order valence-corrected chi connectivity index (χ2v) is 8.65. The highest BCUT2D eigenvalue weighted by atomic mass is 35.5. The fourth-order valence-corrected chi connectivity index (χ4v) is 3.77. The Morgan fingerprint density at radius 3 is 2.62 bits per heavy atom. The number of halogens is 3. The van der Waals surface area contributed by atoms with E-state index in [1.54, 1.807) is 30.5 Å². The summed E-state index contributed by atoms with van der Waals surface area (Å²) in [5.41, 5.74) is 1.82. The van der Waals surface area contributed by atoms with Crippen molar-refractivity contribution in [3.63, 3.8) is 0 Å². The van der Waals surface area contributed by atoms with Gasteiger partial charge in [0.05, 0.1) is 22.5 Å². The molecule has 3 aromatic rings. The van der Waals surface area contributed by atoms with E-state index in [4.69, 9.17) is 33.0 Å². The van der Waals surface area contributed by atoms with Crippen molar-refractivity contribution in [2.24, 2.45) is 0 Å². The number of rotatable bonds is 10. The number of nitrogens with zero attached hydrogens (tertiary/aromatic N) is 2. The summed E-state index contributed by atoms with van der Waals surface area (Å²) in [5.74, 6) is 0.315. The highest BCUT2D eigenvalue weighted by Crippen LogP contribution is 2.29. The van der Waals surface area contributed by atoms with Crippen LogP contribution in [0.3, 0.4) is 0 Å². The van der Waals surface area contributed by atoms with Crippen LogP contribution in [0.4, 0.5) is 10.1 Å². The maximum Gasteiger partial charge on any atom is 0.255 e. The van der Waals surface area contributed by atoms with Gasteiger partial charge in [-0.25, -0.2) is 9.37 Å². The Balaban J connectivity index is 1.84. The van der Waals surface area contributed by atoms with Crippen LogP contribution < -0.4 is 15.5 Å². The maximum absolute atomic E-state index is 13.3. The van der Waals surface area contributed by atoms with Crippen LogP contribution in [-0.2, 0) is 0 Å². The quantitative estimate of drug-likeness (QED) is 0.192. The van der Waals surface area contributed by atoms with Crippen molar-refractivity contribution in [2.75, 3.05) is 32.2 Å². The average Bonchev–Trinajstić information content (AvgIpc) is 3.31. The molecule has 1 aromatic heterocycles. The van der Waals surface area contributed by atoms with Gasteiger partial charge >= 0.3 is 0 Å². The molecule has 0 fully saturated rings. The Morgan fingerprint density at radius 2 is 1.94 bits per heavy atom. The van der Waals surface area contributed by atoms with Gasteiger partial charge in [-0.15, -0.1) is 0 Å². The molecule has 0 aliphatic carbocycles. The summed E-state index contributed by atoms with van der Waals surface area (Å²) in [5, 5.41) is 14.0. The molecular weight excluding hydrogens is 480 g/mol. The van der Waals surface area contributed by atoms with Gasteiger partial charge in [-0.1, -0.05) is 29.3 Å². The van der Waals surface area contributed by atoms with Crippen molar-refractivity contribution in [3.8, 4) is 11.3 Å². The fourth-order valence-electron chi connectivity index (χ4n) is 3.39. The molecule has 0 radical (unpaired) electrons. The van der Waals surface area contributed by atoms with E-state index in [1.807, 2.05) is 37.2 Å². The molecule has 0 aliphatic rings. The number of hydrogen-bond acceptors (Lipinski definition) is 5. The monoisotopic (exact) mass is 505 g/mol. The minimum Gasteiger partial charge on any atom is -0.438 e. The molecule has 1 unspecified atom stereocenters. The molecule has 1 amide bonds. The van der Waals surface area contributed by atoms with Crippen molar-refractivity contribution in [1.29, 1.82) is 5.41 Å². The van der Waals surface area contributed by atoms with Crippen molar-refractivity contribution in [3.05, 3.63) is 70.2 Å². The Bertz CT molecular complexity index is 1130. The van der Waals surface area contributed by atoms with Gasteiger partial charge in [0.25, 0.3) is 5.91 Å². The van der Waals surface area contributed by atoms with Crippen molar-refractivity contribution < 1.29 is 13.6 Å². The number of anilines is 1. The van der Waals surface area contributed by atoms with Gasteiger partial charge in [0.15, 0.2) is 5.76 Å². The minimum atomic E-state index is -0.857. The lowest BCUT2D eigenvalue weighted by Gasteiger charge is -2.21. The average molecular weight is 506 g/mol. The highest BCUT2D eigenvalue weighted by molar-refractivity contribution is 6.34. The summed E-state index contributed by atoms with van der Waals surface area (Å²) < 4.78 is 18.5. The van der Waals surface area contributed by atoms with Crippen LogP contribution in [0.15, 0.2) is 53.1 Å². The molecule has 3 rings (SSSR count). The van der Waals surface area contributed by atoms with Crippen LogP contribution in [0, 0.1) is 5.41 Å². The molecule has 1 atom stereocenters. The first-order valence-corrected chi connectivity index (χ1v) is 11.4. The van der Waals surface area contributed by atoms with Gasteiger partial charge < -0.3 is 20.0 Å². The second-order valence-electron chi connectivity index (χ2n) is 7.81. The van der Waals surface area contributed by atoms with Gasteiger partial charge in [0.1, 0.15) is 18.6 Å². The molecule has 0 saturated carbocycles. The lowest BCUT2D eigenvalue weighted by Crippen LogP contribution is -2.31. The zero-order chi connectivity index (χ0) is 24.7. The molecule has 7 nitrogen and oxygen atoms in total. The lowest BCUT2D eigenvalue weighted by atomic mass is 10.1. The normalized spacial score (nSPS) is 11.7. The first-order chi connectivity index (χ1) is 16.3. The van der Waals surface area contributed by atoms with Crippen LogP contribution in [0.2, 0.25) is 10.0 Å². The number of hydrogen-bond donors (Lipinski definition) is 3. The Hall–Kier alpha value is -3.10. The van der Waals surface area contributed by atoms with Crippen LogP contribution in [-0.4, -0.2) is 44.0 Å². The van der Waals surface area contributed by atoms with Crippen LogP contribution in [0.25, 0.3) is 11.3 Å². The Morgan fingerprint density at radius 1 is 1.21 bits per heavy atom. The molecule has 34 heavy (non-hydrogen) atoms. The van der Waals surface area contributed by atoms with Gasteiger partial charge in [0.2, 0.25) is 5.89 Å². The third-order valence-electron chi connectivity index (χ3n) is 5.10. The van der Waals surface area contributed by atoms with Gasteiger partial charge in [-0.2, -0.15) is 0 Å². The summed E-state index contributed by atoms with van der Waals surface area (Å²) in [6, 6.07) is 11.8. The fraction of sp³-hybridized carbons (Fsp3) is 0.292. The molecular formula is C24H26Cl2FN5O2. The number of carbonyl (C=O) groups excluding carboxylic acids is 1. The number of amidine groups is 1. The standard InChI is InChI=1S/C24H26Cl2FN5O2/c1-32(2)19-7-3-5-17(26)22(19)23(33)31-18(6-4-12-29-21(28)13-27)24-30-14-20(34-24)15-8-10-16(25)11-9-15/h3,5,7-11,14,18H,4,6,12-13H2,1-2H3,(H2,28,29)(H,31,33). The Kier molecular flexibility index (Phi) is 8.90. The van der Waals surface area contributed by atoms with Crippen LogP contribution in [0.5, 0.6) is 0 Å². The number of aromatic nitrogens is 1. The Labute approximate surface area is 207 Å². The van der Waals surface area contributed by atoms with Crippen LogP contribution >= 0.6 is 23.2 Å². The highest BCUT2D eigenvalue weighted by Gasteiger charge is 2.24. The van der Waals surface area contributed by atoms with E-state index < -0.39 is 12.7 Å². The predicted octanol–water partition coefficient (Wildman–Crippen LogP) is 5.50. The van der Waals surface area contributed by atoms with Gasteiger partial charge in [0, 0.05) is 31.2 Å². The first-order valence-electron chi connectivity index (χ1n) is 10.7. The number of benzene rings is 2. The smallest absolute Gasteiger partial charge is 0.255 e. The summed E-state index contributed by atoms with van der Waals surface area (Å²) in [4.78, 5) is 19.5. The molecule has 0 saturated heterocycles. The topological polar surface area (TPSA) is 94.2 Å². The largest absolute Gasteiger partial charge is 0.438 e. The number of nitrogens with one attached hydrogen (secondary N) is 3. The molecule has 0 aliphatic heterocycles. The molecule has 180 valence electrons. The third kappa shape index (κ3) is 6.48. The van der Waals surface area contributed by atoms with Crippen molar-refractivity contribution >= 4 is 40.6 Å². The molecule has 0 spiro atoms. The van der Waals surface area contributed by atoms with E-state index in [2.05, 4.69) is 15.6 Å². The molecule has 2 aromatic carbocycles. The number of amides is 1. The number of carbonyl (C=O) groups is 1.